The molecule has 9 nitrogen and oxygen atoms in total. The highest BCUT2D eigenvalue weighted by molar-refractivity contribution is 7.93. The first-order valence-corrected chi connectivity index (χ1v) is 12.0. The molecule has 0 unspecified atom stereocenters. The van der Waals surface area contributed by atoms with Gasteiger partial charge in [0.05, 0.1) is 11.3 Å². The van der Waals surface area contributed by atoms with Gasteiger partial charge in [-0.2, -0.15) is 8.42 Å². The van der Waals surface area contributed by atoms with Gasteiger partial charge in [-0.1, -0.05) is 33.3 Å². The van der Waals surface area contributed by atoms with Crippen LogP contribution in [0, 0.1) is 0 Å². The lowest BCUT2D eigenvalue weighted by Crippen LogP contribution is -2.24. The molecule has 0 aromatic heterocycles. The molecule has 3 aliphatic rings. The third-order valence-corrected chi connectivity index (χ3v) is 7.46. The molecule has 1 aromatic carbocycles. The summed E-state index contributed by atoms with van der Waals surface area (Å²) in [7, 11) is -7.72. The summed E-state index contributed by atoms with van der Waals surface area (Å²) in [6.07, 6.45) is 3.65. The SMILES string of the molecule is NS(=O)(=O)C1=CC2=C(CC1)CCC1=C2CC(=O)[N+]1=NNS(=O)(=O)c1ccccc1. The fourth-order valence-electron chi connectivity index (χ4n) is 3.77. The Kier molecular flexibility index (Phi) is 4.75. The molecule has 0 spiro atoms. The van der Waals surface area contributed by atoms with E-state index in [9.17, 15) is 21.6 Å². The van der Waals surface area contributed by atoms with Crippen molar-refractivity contribution in [2.45, 2.75) is 37.0 Å². The zero-order valence-electron chi connectivity index (χ0n) is 15.3. The summed E-state index contributed by atoms with van der Waals surface area (Å²) in [6.45, 7) is 0. The molecule has 1 aliphatic heterocycles. The Labute approximate surface area is 168 Å². The summed E-state index contributed by atoms with van der Waals surface area (Å²) in [6, 6.07) is 7.72. The number of nitrogens with zero attached hydrogens (tertiary/aromatic N) is 2. The predicted molar refractivity (Wildman–Crippen MR) is 103 cm³/mol. The van der Waals surface area contributed by atoms with Crippen LogP contribution in [0.25, 0.3) is 0 Å². The molecule has 2 aliphatic carbocycles. The van der Waals surface area contributed by atoms with E-state index in [0.29, 0.717) is 42.5 Å². The largest absolute Gasteiger partial charge is 0.347 e. The van der Waals surface area contributed by atoms with Crippen molar-refractivity contribution in [3.63, 3.8) is 0 Å². The number of primary sulfonamides is 1. The lowest BCUT2D eigenvalue weighted by molar-refractivity contribution is -0.467. The summed E-state index contributed by atoms with van der Waals surface area (Å²) in [5.74, 6) is -0.379. The first-order valence-electron chi connectivity index (χ1n) is 8.95. The summed E-state index contributed by atoms with van der Waals surface area (Å²) < 4.78 is 49.3. The van der Waals surface area contributed by atoms with Crippen LogP contribution in [0.5, 0.6) is 0 Å². The molecule has 1 aromatic rings. The average Bonchev–Trinajstić information content (AvgIpc) is 3.01. The zero-order chi connectivity index (χ0) is 20.8. The molecule has 3 N–H and O–H groups in total. The fraction of sp³-hybridized carbons (Fsp3) is 0.278. The Morgan fingerprint density at radius 3 is 2.38 bits per heavy atom. The molecule has 0 saturated carbocycles. The summed E-state index contributed by atoms with van der Waals surface area (Å²) in [5, 5.41) is 9.11. The Morgan fingerprint density at radius 1 is 1.00 bits per heavy atom. The number of rotatable bonds is 4. The number of fused-ring (bicyclic) bond motifs is 1. The molecular weight excluding hydrogens is 416 g/mol. The van der Waals surface area contributed by atoms with E-state index < -0.39 is 20.0 Å². The minimum Gasteiger partial charge on any atom is -0.244 e. The molecule has 0 saturated heterocycles. The lowest BCUT2D eigenvalue weighted by Gasteiger charge is -2.23. The van der Waals surface area contributed by atoms with E-state index in [1.807, 2.05) is 0 Å². The van der Waals surface area contributed by atoms with E-state index in [-0.39, 0.29) is 22.1 Å². The molecule has 1 heterocycles. The van der Waals surface area contributed by atoms with Crippen LogP contribution in [0.4, 0.5) is 0 Å². The van der Waals surface area contributed by atoms with Crippen LogP contribution in [-0.2, 0) is 24.8 Å². The van der Waals surface area contributed by atoms with Crippen molar-refractivity contribution in [2.24, 2.45) is 10.4 Å². The molecule has 0 fully saturated rings. The quantitative estimate of drug-likeness (QED) is 0.546. The van der Waals surface area contributed by atoms with Crippen molar-refractivity contribution >= 4 is 26.0 Å². The smallest absolute Gasteiger partial charge is 0.244 e. The number of sulfonamides is 2. The fourth-order valence-corrected chi connectivity index (χ4v) is 5.25. The second kappa shape index (κ2) is 7.01. The van der Waals surface area contributed by atoms with Crippen LogP contribution in [0.3, 0.4) is 0 Å². The summed E-state index contributed by atoms with van der Waals surface area (Å²) in [4.78, 5) is 14.8. The Bertz CT molecular complexity index is 1240. The van der Waals surface area contributed by atoms with Gasteiger partial charge >= 0.3 is 15.9 Å². The maximum atomic E-state index is 12.5. The third kappa shape index (κ3) is 3.68. The molecule has 152 valence electrons. The van der Waals surface area contributed by atoms with Crippen LogP contribution < -0.4 is 9.97 Å². The van der Waals surface area contributed by atoms with Crippen molar-refractivity contribution in [1.82, 2.24) is 4.83 Å². The summed E-state index contributed by atoms with van der Waals surface area (Å²) >= 11 is 0. The highest BCUT2D eigenvalue weighted by Gasteiger charge is 2.39. The van der Waals surface area contributed by atoms with Crippen LogP contribution in [0.15, 0.2) is 73.8 Å². The van der Waals surface area contributed by atoms with E-state index in [1.54, 1.807) is 18.2 Å². The first-order chi connectivity index (χ1) is 13.7. The van der Waals surface area contributed by atoms with Gasteiger partial charge in [0.1, 0.15) is 15.8 Å². The van der Waals surface area contributed by atoms with Gasteiger partial charge in [-0.15, -0.1) is 0 Å². The molecule has 11 heteroatoms. The van der Waals surface area contributed by atoms with Crippen molar-refractivity contribution < 1.29 is 26.3 Å². The zero-order valence-corrected chi connectivity index (χ0v) is 17.0. The van der Waals surface area contributed by atoms with Crippen LogP contribution >= 0.6 is 0 Å². The van der Waals surface area contributed by atoms with E-state index in [0.717, 1.165) is 10.3 Å². The number of nitrogens with two attached hydrogens (primary N) is 1. The lowest BCUT2D eigenvalue weighted by atomic mass is 9.83. The normalized spacial score (nSPS) is 21.2. The average molecular weight is 436 g/mol. The minimum atomic E-state index is -3.91. The van der Waals surface area contributed by atoms with Crippen molar-refractivity contribution in [3.05, 3.63) is 63.7 Å². The van der Waals surface area contributed by atoms with Gasteiger partial charge < -0.3 is 0 Å². The number of allylic oxidation sites excluding steroid dienone is 5. The first kappa shape index (κ1) is 19.7. The molecule has 0 atom stereocenters. The molecule has 29 heavy (non-hydrogen) atoms. The summed E-state index contributed by atoms with van der Waals surface area (Å²) in [5.41, 5.74) is 3.05. The van der Waals surface area contributed by atoms with E-state index in [2.05, 4.69) is 10.1 Å². The second-order valence-electron chi connectivity index (χ2n) is 6.99. The maximum Gasteiger partial charge on any atom is 0.347 e. The number of carbonyl (C=O) groups is 1. The van der Waals surface area contributed by atoms with Crippen molar-refractivity contribution in [3.8, 4) is 0 Å². The highest BCUT2D eigenvalue weighted by atomic mass is 32.2. The molecule has 0 bridgehead atoms. The van der Waals surface area contributed by atoms with E-state index in [4.69, 9.17) is 5.14 Å². The number of hydrogen-bond donors (Lipinski definition) is 2. The third-order valence-electron chi connectivity index (χ3n) is 5.20. The van der Waals surface area contributed by atoms with E-state index >= 15 is 0 Å². The van der Waals surface area contributed by atoms with E-state index in [1.165, 1.54) is 18.2 Å². The van der Waals surface area contributed by atoms with Crippen LogP contribution in [0.1, 0.15) is 32.1 Å². The monoisotopic (exact) mass is 435 g/mol. The topological polar surface area (TPSA) is 139 Å². The van der Waals surface area contributed by atoms with Crippen LogP contribution in [0.2, 0.25) is 0 Å². The van der Waals surface area contributed by atoms with Crippen molar-refractivity contribution in [2.75, 3.05) is 0 Å². The molecule has 0 radical (unpaired) electrons. The Morgan fingerprint density at radius 2 is 1.69 bits per heavy atom. The van der Waals surface area contributed by atoms with Gasteiger partial charge in [0.15, 0.2) is 0 Å². The standard InChI is InChI=1S/C18H18N4O5S2/c19-28(24,25)14-8-6-12-7-9-17-16(15(12)10-14)11-18(23)22(17)20-21-29(26,27)13-4-2-1-3-5-13/h1-5,10H,6-9,11H2,(H2,19,24,25)/p+1. The maximum absolute atomic E-state index is 12.5. The molecule has 1 amide bonds. The van der Waals surface area contributed by atoms with Gasteiger partial charge in [-0.3, -0.25) is 0 Å². The minimum absolute atomic E-state index is 0.0269. The van der Waals surface area contributed by atoms with Gasteiger partial charge in [0, 0.05) is 12.0 Å². The van der Waals surface area contributed by atoms with Gasteiger partial charge in [0.2, 0.25) is 10.0 Å². The van der Waals surface area contributed by atoms with Gasteiger partial charge in [-0.25, -0.2) is 18.4 Å². The Hall–Kier alpha value is -2.63. The number of nitrogens with one attached hydrogen (secondary N) is 1. The predicted octanol–water partition coefficient (Wildman–Crippen LogP) is 1.59. The Balaban J connectivity index is 1.69. The van der Waals surface area contributed by atoms with Gasteiger partial charge in [-0.05, 0) is 43.0 Å². The number of hydrogen-bond acceptors (Lipinski definition) is 6. The number of amides is 1. The molecular formula is C18H19N4O5S2+. The van der Waals surface area contributed by atoms with Gasteiger partial charge in [0.25, 0.3) is 0 Å². The highest BCUT2D eigenvalue weighted by Crippen LogP contribution is 2.43. The number of carbonyl (C=O) groups excluding carboxylic acids is 1. The second-order valence-corrected chi connectivity index (χ2v) is 10.3. The van der Waals surface area contributed by atoms with Crippen LogP contribution in [-0.4, -0.2) is 27.4 Å². The van der Waals surface area contributed by atoms with Crippen molar-refractivity contribution in [1.29, 1.82) is 0 Å². The molecule has 4 rings (SSSR count). The number of benzene rings is 1.